The molecule has 0 aliphatic heterocycles. The Balaban J connectivity index is 1.73. The fraction of sp³-hybridized carbons (Fsp3) is 0.320. The zero-order valence-electron chi connectivity index (χ0n) is 17.4. The highest BCUT2D eigenvalue weighted by atomic mass is 19.1. The van der Waals surface area contributed by atoms with E-state index in [4.69, 9.17) is 4.74 Å². The van der Waals surface area contributed by atoms with Gasteiger partial charge in [-0.1, -0.05) is 37.3 Å². The molecule has 0 aliphatic rings. The second kappa shape index (κ2) is 10.2. The normalized spacial score (nSPS) is 13.3. The third-order valence-electron chi connectivity index (χ3n) is 5.53. The summed E-state index contributed by atoms with van der Waals surface area (Å²) in [5, 5.41) is 0. The van der Waals surface area contributed by atoms with Crippen molar-refractivity contribution in [1.29, 1.82) is 0 Å². The van der Waals surface area contributed by atoms with Gasteiger partial charge < -0.3 is 4.74 Å². The number of benzene rings is 2. The number of methoxy groups -OCH3 is 1. The molecule has 3 nitrogen and oxygen atoms in total. The van der Waals surface area contributed by atoms with Gasteiger partial charge in [0.1, 0.15) is 11.6 Å². The lowest BCUT2D eigenvalue weighted by Gasteiger charge is -2.30. The fourth-order valence-electron chi connectivity index (χ4n) is 3.52. The van der Waals surface area contributed by atoms with Gasteiger partial charge in [-0.05, 0) is 73.3 Å². The van der Waals surface area contributed by atoms with E-state index < -0.39 is 0 Å². The van der Waals surface area contributed by atoms with Crippen molar-refractivity contribution in [2.75, 3.05) is 13.7 Å². The van der Waals surface area contributed by atoms with E-state index in [2.05, 4.69) is 41.9 Å². The first kappa shape index (κ1) is 21.0. The van der Waals surface area contributed by atoms with Gasteiger partial charge in [0.2, 0.25) is 0 Å². The van der Waals surface area contributed by atoms with Crippen LogP contribution in [0.1, 0.15) is 49.0 Å². The Hall–Kier alpha value is -2.72. The molecule has 3 rings (SSSR count). The molecule has 3 aromatic rings. The van der Waals surface area contributed by atoms with Crippen LogP contribution in [0.5, 0.6) is 5.75 Å². The third kappa shape index (κ3) is 5.88. The summed E-state index contributed by atoms with van der Waals surface area (Å²) in [5.74, 6) is 1.03. The van der Waals surface area contributed by atoms with Crippen molar-refractivity contribution >= 4 is 0 Å². The van der Waals surface area contributed by atoms with Gasteiger partial charge >= 0.3 is 0 Å². The Morgan fingerprint density at radius 1 is 0.931 bits per heavy atom. The molecule has 152 valence electrons. The summed E-state index contributed by atoms with van der Waals surface area (Å²) >= 11 is 0. The molecule has 0 amide bonds. The average Bonchev–Trinajstić information content (AvgIpc) is 2.77. The molecule has 2 aromatic carbocycles. The average molecular weight is 393 g/mol. The second-order valence-corrected chi connectivity index (χ2v) is 7.48. The molecule has 0 N–H and O–H groups in total. The molecular formula is C25H29FN2O. The van der Waals surface area contributed by atoms with Crippen LogP contribution in [0.2, 0.25) is 0 Å². The maximum atomic E-state index is 13.2. The van der Waals surface area contributed by atoms with Gasteiger partial charge in [0, 0.05) is 18.8 Å². The van der Waals surface area contributed by atoms with E-state index in [1.54, 1.807) is 7.11 Å². The molecule has 0 saturated heterocycles. The largest absolute Gasteiger partial charge is 0.497 e. The van der Waals surface area contributed by atoms with Crippen molar-refractivity contribution in [1.82, 2.24) is 9.88 Å². The number of hydrogen-bond donors (Lipinski definition) is 0. The summed E-state index contributed by atoms with van der Waals surface area (Å²) in [5.41, 5.74) is 3.47. The van der Waals surface area contributed by atoms with Crippen LogP contribution < -0.4 is 4.74 Å². The first-order valence-electron chi connectivity index (χ1n) is 10.1. The lowest BCUT2D eigenvalue weighted by molar-refractivity contribution is 0.192. The lowest BCUT2D eigenvalue weighted by atomic mass is 9.96. The van der Waals surface area contributed by atoms with Crippen LogP contribution in [0.3, 0.4) is 0 Å². The van der Waals surface area contributed by atoms with Crippen molar-refractivity contribution in [3.05, 3.63) is 95.6 Å². The van der Waals surface area contributed by atoms with Gasteiger partial charge in [-0.2, -0.15) is 0 Å². The smallest absolute Gasteiger partial charge is 0.123 e. The second-order valence-electron chi connectivity index (χ2n) is 7.48. The Labute approximate surface area is 173 Å². The van der Waals surface area contributed by atoms with Gasteiger partial charge in [0.05, 0.1) is 12.8 Å². The lowest BCUT2D eigenvalue weighted by Crippen LogP contribution is -2.29. The number of nitrogens with zero attached hydrogens (tertiary/aromatic N) is 2. The number of aromatic nitrogens is 1. The predicted molar refractivity (Wildman–Crippen MR) is 115 cm³/mol. The van der Waals surface area contributed by atoms with E-state index in [9.17, 15) is 4.39 Å². The van der Waals surface area contributed by atoms with Gasteiger partial charge in [0.25, 0.3) is 0 Å². The standard InChI is InChI=1S/C25H29FN2O/c1-19(21-7-11-23(26)12-8-21)15-17-28(18-24-6-4-5-16-27-24)20(2)22-9-13-25(29-3)14-10-22/h4-14,16,19-20H,15,17-18H2,1-3H3. The molecular weight excluding hydrogens is 363 g/mol. The molecule has 0 radical (unpaired) electrons. The molecule has 0 spiro atoms. The van der Waals surface area contributed by atoms with E-state index in [-0.39, 0.29) is 11.9 Å². The van der Waals surface area contributed by atoms with E-state index >= 15 is 0 Å². The van der Waals surface area contributed by atoms with Crippen LogP contribution >= 0.6 is 0 Å². The quantitative estimate of drug-likeness (QED) is 0.447. The molecule has 29 heavy (non-hydrogen) atoms. The number of halogens is 1. The maximum Gasteiger partial charge on any atom is 0.123 e. The van der Waals surface area contributed by atoms with E-state index in [0.29, 0.717) is 5.92 Å². The summed E-state index contributed by atoms with van der Waals surface area (Å²) in [6.45, 7) is 6.13. The van der Waals surface area contributed by atoms with Crippen LogP contribution in [0.4, 0.5) is 4.39 Å². The topological polar surface area (TPSA) is 25.4 Å². The summed E-state index contributed by atoms with van der Waals surface area (Å²) in [6.07, 6.45) is 2.83. The molecule has 0 fully saturated rings. The maximum absolute atomic E-state index is 13.2. The molecule has 1 heterocycles. The zero-order valence-corrected chi connectivity index (χ0v) is 17.4. The minimum Gasteiger partial charge on any atom is -0.497 e. The summed E-state index contributed by atoms with van der Waals surface area (Å²) < 4.78 is 18.5. The van der Waals surface area contributed by atoms with Gasteiger partial charge in [-0.25, -0.2) is 4.39 Å². The van der Waals surface area contributed by atoms with Crippen molar-refractivity contribution in [3.8, 4) is 5.75 Å². The van der Waals surface area contributed by atoms with Crippen LogP contribution in [0, 0.1) is 5.82 Å². The van der Waals surface area contributed by atoms with Crippen LogP contribution in [-0.2, 0) is 6.54 Å². The number of ether oxygens (including phenoxy) is 1. The van der Waals surface area contributed by atoms with Crippen molar-refractivity contribution < 1.29 is 9.13 Å². The number of rotatable bonds is 9. The van der Waals surface area contributed by atoms with Crippen molar-refractivity contribution in [2.45, 2.75) is 38.8 Å². The van der Waals surface area contributed by atoms with Gasteiger partial charge in [-0.3, -0.25) is 9.88 Å². The minimum absolute atomic E-state index is 0.189. The highest BCUT2D eigenvalue weighted by molar-refractivity contribution is 5.29. The molecule has 0 bridgehead atoms. The van der Waals surface area contributed by atoms with Gasteiger partial charge in [0.15, 0.2) is 0 Å². The molecule has 1 aromatic heterocycles. The van der Waals surface area contributed by atoms with Crippen molar-refractivity contribution in [3.63, 3.8) is 0 Å². The molecule has 2 atom stereocenters. The molecule has 4 heteroatoms. The predicted octanol–water partition coefficient (Wildman–Crippen LogP) is 5.99. The Morgan fingerprint density at radius 2 is 1.62 bits per heavy atom. The van der Waals surface area contributed by atoms with Crippen LogP contribution in [0.15, 0.2) is 72.9 Å². The number of pyridine rings is 1. The first-order chi connectivity index (χ1) is 14.1. The molecule has 2 unspecified atom stereocenters. The van der Waals surface area contributed by atoms with Crippen molar-refractivity contribution in [2.24, 2.45) is 0 Å². The van der Waals surface area contributed by atoms with Crippen LogP contribution in [-0.4, -0.2) is 23.5 Å². The molecule has 0 saturated carbocycles. The Kier molecular flexibility index (Phi) is 7.36. The third-order valence-corrected chi connectivity index (χ3v) is 5.53. The highest BCUT2D eigenvalue weighted by Gasteiger charge is 2.18. The SMILES string of the molecule is COc1ccc(C(C)N(CCC(C)c2ccc(F)cc2)Cc2ccccn2)cc1. The van der Waals surface area contributed by atoms with E-state index in [1.807, 2.05) is 42.6 Å². The summed E-state index contributed by atoms with van der Waals surface area (Å²) in [4.78, 5) is 6.96. The summed E-state index contributed by atoms with van der Waals surface area (Å²) in [7, 11) is 1.68. The first-order valence-corrected chi connectivity index (χ1v) is 10.1. The fourth-order valence-corrected chi connectivity index (χ4v) is 3.52. The highest BCUT2D eigenvalue weighted by Crippen LogP contribution is 2.27. The molecule has 0 aliphatic carbocycles. The van der Waals surface area contributed by atoms with Gasteiger partial charge in [-0.15, -0.1) is 0 Å². The van der Waals surface area contributed by atoms with E-state index in [1.165, 1.54) is 23.3 Å². The Morgan fingerprint density at radius 3 is 2.24 bits per heavy atom. The number of hydrogen-bond acceptors (Lipinski definition) is 3. The zero-order chi connectivity index (χ0) is 20.6. The minimum atomic E-state index is -0.189. The van der Waals surface area contributed by atoms with Crippen LogP contribution in [0.25, 0.3) is 0 Å². The van der Waals surface area contributed by atoms with E-state index in [0.717, 1.165) is 31.0 Å². The summed E-state index contributed by atoms with van der Waals surface area (Å²) in [6, 6.07) is 21.4. The monoisotopic (exact) mass is 392 g/mol. The Bertz CT molecular complexity index is 866.